The van der Waals surface area contributed by atoms with Crippen molar-refractivity contribution in [3.05, 3.63) is 113 Å². The number of halogens is 1. The lowest BCUT2D eigenvalue weighted by Crippen LogP contribution is -2.46. The van der Waals surface area contributed by atoms with E-state index in [-0.39, 0.29) is 5.91 Å². The molecule has 1 N–H and O–H groups in total. The third-order valence-corrected chi connectivity index (χ3v) is 7.46. The predicted molar refractivity (Wildman–Crippen MR) is 152 cm³/mol. The summed E-state index contributed by atoms with van der Waals surface area (Å²) < 4.78 is 0. The number of anilines is 1. The molecule has 0 saturated carbocycles. The fourth-order valence-electron chi connectivity index (χ4n) is 4.26. The van der Waals surface area contributed by atoms with Crippen LogP contribution in [-0.4, -0.2) is 51.9 Å². The van der Waals surface area contributed by atoms with Gasteiger partial charge >= 0.3 is 0 Å². The maximum Gasteiger partial charge on any atom is 0.251 e. The average Bonchev–Trinajstić information content (AvgIpc) is 2.96. The van der Waals surface area contributed by atoms with Gasteiger partial charge in [0.2, 0.25) is 0 Å². The molecule has 0 atom stereocenters. The van der Waals surface area contributed by atoms with Crippen LogP contribution in [0, 0.1) is 0 Å². The van der Waals surface area contributed by atoms with Crippen LogP contribution in [0.1, 0.15) is 27.2 Å². The lowest BCUT2D eigenvalue weighted by molar-refractivity contribution is 0.0950. The fraction of sp³-hybridized carbons (Fsp3) is 0.241. The SMILES string of the molecule is O=C(NCc1ccccn1)c1ccc(CSc2nc(Cl)cc(N3CCN(Cc4ccccc4)CC3)n2)cc1. The van der Waals surface area contributed by atoms with Gasteiger partial charge in [-0.05, 0) is 35.4 Å². The Bertz CT molecular complexity index is 1330. The first-order valence-electron chi connectivity index (χ1n) is 12.6. The number of pyridine rings is 1. The molecular weight excluding hydrogens is 516 g/mol. The summed E-state index contributed by atoms with van der Waals surface area (Å²) in [7, 11) is 0. The van der Waals surface area contributed by atoms with Crippen LogP contribution in [0.3, 0.4) is 0 Å². The predicted octanol–water partition coefficient (Wildman–Crippen LogP) is 5.07. The molecule has 38 heavy (non-hydrogen) atoms. The molecular formula is C29H29ClN6OS. The van der Waals surface area contributed by atoms with E-state index in [0.29, 0.717) is 28.2 Å². The largest absolute Gasteiger partial charge is 0.354 e. The number of piperazine rings is 1. The van der Waals surface area contributed by atoms with Crippen LogP contribution in [0.2, 0.25) is 5.15 Å². The van der Waals surface area contributed by atoms with Gasteiger partial charge in [0.1, 0.15) is 11.0 Å². The van der Waals surface area contributed by atoms with Gasteiger partial charge in [0.15, 0.2) is 5.16 Å². The second-order valence-electron chi connectivity index (χ2n) is 9.07. The minimum atomic E-state index is -0.124. The molecule has 2 aromatic heterocycles. The van der Waals surface area contributed by atoms with Crippen molar-refractivity contribution in [1.82, 2.24) is 25.2 Å². The zero-order chi connectivity index (χ0) is 26.2. The second-order valence-corrected chi connectivity index (χ2v) is 10.4. The molecule has 1 aliphatic rings. The molecule has 0 radical (unpaired) electrons. The first kappa shape index (κ1) is 26.2. The topological polar surface area (TPSA) is 74.2 Å². The maximum absolute atomic E-state index is 12.5. The number of nitrogens with one attached hydrogen (secondary N) is 1. The van der Waals surface area contributed by atoms with E-state index in [9.17, 15) is 4.79 Å². The number of benzene rings is 2. The van der Waals surface area contributed by atoms with Crippen LogP contribution in [0.15, 0.2) is 90.2 Å². The van der Waals surface area contributed by atoms with Crippen molar-refractivity contribution in [2.75, 3.05) is 31.1 Å². The van der Waals surface area contributed by atoms with Crippen molar-refractivity contribution in [3.63, 3.8) is 0 Å². The number of carbonyl (C=O) groups is 1. The quantitative estimate of drug-likeness (QED) is 0.179. The van der Waals surface area contributed by atoms with Crippen LogP contribution in [-0.2, 0) is 18.8 Å². The smallest absolute Gasteiger partial charge is 0.251 e. The summed E-state index contributed by atoms with van der Waals surface area (Å²) in [5.74, 6) is 1.42. The van der Waals surface area contributed by atoms with Gasteiger partial charge in [-0.1, -0.05) is 71.9 Å². The normalized spacial score (nSPS) is 13.9. The third-order valence-electron chi connectivity index (χ3n) is 6.35. The molecule has 1 saturated heterocycles. The Balaban J connectivity index is 1.12. The van der Waals surface area contributed by atoms with Crippen LogP contribution in [0.5, 0.6) is 0 Å². The highest BCUT2D eigenvalue weighted by Crippen LogP contribution is 2.25. The van der Waals surface area contributed by atoms with Crippen molar-refractivity contribution < 1.29 is 4.79 Å². The van der Waals surface area contributed by atoms with Crippen molar-refractivity contribution in [3.8, 4) is 0 Å². The van der Waals surface area contributed by atoms with Gasteiger partial charge in [-0.15, -0.1) is 0 Å². The lowest BCUT2D eigenvalue weighted by Gasteiger charge is -2.35. The molecule has 4 aromatic rings. The number of carbonyl (C=O) groups excluding carboxylic acids is 1. The summed E-state index contributed by atoms with van der Waals surface area (Å²) in [5.41, 5.74) is 3.85. The summed E-state index contributed by atoms with van der Waals surface area (Å²) in [5, 5.41) is 4.00. The first-order valence-corrected chi connectivity index (χ1v) is 13.9. The molecule has 0 unspecified atom stereocenters. The van der Waals surface area contributed by atoms with Gasteiger partial charge in [0.25, 0.3) is 5.91 Å². The Morgan fingerprint density at radius 3 is 2.39 bits per heavy atom. The Morgan fingerprint density at radius 2 is 1.66 bits per heavy atom. The molecule has 1 amide bonds. The maximum atomic E-state index is 12.5. The van der Waals surface area contributed by atoms with Gasteiger partial charge in [0, 0.05) is 56.3 Å². The van der Waals surface area contributed by atoms with E-state index in [4.69, 9.17) is 16.6 Å². The van der Waals surface area contributed by atoms with Crippen molar-refractivity contribution >= 4 is 35.1 Å². The first-order chi connectivity index (χ1) is 18.6. The molecule has 3 heterocycles. The monoisotopic (exact) mass is 544 g/mol. The van der Waals surface area contributed by atoms with Crippen LogP contribution in [0.25, 0.3) is 0 Å². The van der Waals surface area contributed by atoms with Gasteiger partial charge in [-0.3, -0.25) is 14.7 Å². The zero-order valence-electron chi connectivity index (χ0n) is 21.0. The third kappa shape index (κ3) is 7.31. The van der Waals surface area contributed by atoms with Gasteiger partial charge in [-0.25, -0.2) is 9.97 Å². The van der Waals surface area contributed by atoms with Crippen molar-refractivity contribution in [2.24, 2.45) is 0 Å². The van der Waals surface area contributed by atoms with E-state index in [2.05, 4.69) is 55.4 Å². The van der Waals surface area contributed by atoms with Crippen molar-refractivity contribution in [2.45, 2.75) is 24.0 Å². The highest BCUT2D eigenvalue weighted by atomic mass is 35.5. The summed E-state index contributed by atoms with van der Waals surface area (Å²) in [6.45, 7) is 5.10. The van der Waals surface area contributed by atoms with Crippen LogP contribution in [0.4, 0.5) is 5.82 Å². The van der Waals surface area contributed by atoms with E-state index < -0.39 is 0 Å². The number of aromatic nitrogens is 3. The Kier molecular flexibility index (Phi) is 8.86. The van der Waals surface area contributed by atoms with Gasteiger partial charge in [-0.2, -0.15) is 0 Å². The molecule has 194 valence electrons. The molecule has 9 heteroatoms. The number of amides is 1. The number of nitrogens with zero attached hydrogens (tertiary/aromatic N) is 5. The van der Waals surface area contributed by atoms with E-state index >= 15 is 0 Å². The highest BCUT2D eigenvalue weighted by Gasteiger charge is 2.19. The molecule has 1 aliphatic heterocycles. The standard InChI is InChI=1S/C29H29ClN6OS/c30-26-18-27(36-16-14-35(15-17-36)20-22-6-2-1-3-7-22)34-29(33-26)38-21-23-9-11-24(12-10-23)28(37)32-19-25-8-4-5-13-31-25/h1-13,18H,14-17,19-21H2,(H,32,37). The summed E-state index contributed by atoms with van der Waals surface area (Å²) >= 11 is 7.90. The zero-order valence-corrected chi connectivity index (χ0v) is 22.5. The molecule has 5 rings (SSSR count). The number of thioether (sulfide) groups is 1. The fourth-order valence-corrected chi connectivity index (χ4v) is 5.30. The molecule has 7 nitrogen and oxygen atoms in total. The Labute approximate surface area is 232 Å². The van der Waals surface area contributed by atoms with E-state index in [1.165, 1.54) is 17.3 Å². The van der Waals surface area contributed by atoms with E-state index in [0.717, 1.165) is 49.8 Å². The van der Waals surface area contributed by atoms with Gasteiger partial charge < -0.3 is 10.2 Å². The molecule has 0 aliphatic carbocycles. The van der Waals surface area contributed by atoms with Crippen LogP contribution < -0.4 is 10.2 Å². The van der Waals surface area contributed by atoms with Crippen molar-refractivity contribution in [1.29, 1.82) is 0 Å². The minimum Gasteiger partial charge on any atom is -0.354 e. The molecule has 0 spiro atoms. The van der Waals surface area contributed by atoms with Crippen LogP contribution >= 0.6 is 23.4 Å². The summed E-state index contributed by atoms with van der Waals surface area (Å²) in [6.07, 6.45) is 1.72. The van der Waals surface area contributed by atoms with E-state index in [1.807, 2.05) is 48.5 Å². The minimum absolute atomic E-state index is 0.124. The number of hydrogen-bond acceptors (Lipinski definition) is 7. The molecule has 1 fully saturated rings. The molecule has 0 bridgehead atoms. The number of hydrogen-bond donors (Lipinski definition) is 1. The lowest BCUT2D eigenvalue weighted by atomic mass is 10.1. The Hall–Kier alpha value is -3.46. The average molecular weight is 545 g/mol. The number of rotatable bonds is 9. The van der Waals surface area contributed by atoms with Gasteiger partial charge in [0.05, 0.1) is 12.2 Å². The van der Waals surface area contributed by atoms with E-state index in [1.54, 1.807) is 6.20 Å². The Morgan fingerprint density at radius 1 is 0.895 bits per heavy atom. The summed E-state index contributed by atoms with van der Waals surface area (Å²) in [4.78, 5) is 30.6. The summed E-state index contributed by atoms with van der Waals surface area (Å²) in [6, 6.07) is 25.6. The second kappa shape index (κ2) is 12.9. The highest BCUT2D eigenvalue weighted by molar-refractivity contribution is 7.98. The molecule has 2 aromatic carbocycles.